The average Bonchev–Trinajstić information content (AvgIpc) is 3.22. The molecule has 0 aliphatic carbocycles. The summed E-state index contributed by atoms with van der Waals surface area (Å²) in [5.74, 6) is 0. The molecule has 0 bridgehead atoms. The first kappa shape index (κ1) is 23.7. The van der Waals surface area contributed by atoms with E-state index in [0.717, 1.165) is 24.2 Å². The molecule has 2 fully saturated rings. The fourth-order valence-corrected chi connectivity index (χ4v) is 2.45. The largest absolute Gasteiger partial charge is 1.00 e. The van der Waals surface area contributed by atoms with Gasteiger partial charge in [0.25, 0.3) is 0 Å². The summed E-state index contributed by atoms with van der Waals surface area (Å²) in [4.78, 5) is 0. The zero-order valence-corrected chi connectivity index (χ0v) is 16.1. The molecule has 21 heavy (non-hydrogen) atoms. The Balaban J connectivity index is 0. The molecule has 2 unspecified atom stereocenters. The molecular formula is C15H34Cl2N2O2. The van der Waals surface area contributed by atoms with Crippen molar-refractivity contribution in [1.29, 1.82) is 0 Å². The van der Waals surface area contributed by atoms with Gasteiger partial charge in [0.2, 0.25) is 0 Å². The first-order chi connectivity index (χ1) is 8.84. The predicted molar refractivity (Wildman–Crippen MR) is 79.1 cm³/mol. The lowest BCUT2D eigenvalue weighted by atomic mass is 10.3. The number of epoxide rings is 2. The second kappa shape index (κ2) is 10.2. The molecule has 6 heteroatoms. The van der Waals surface area contributed by atoms with Gasteiger partial charge in [0.05, 0.1) is 54.0 Å². The van der Waals surface area contributed by atoms with Gasteiger partial charge in [-0.2, -0.15) is 0 Å². The van der Waals surface area contributed by atoms with Gasteiger partial charge in [-0.05, 0) is 20.8 Å². The highest BCUT2D eigenvalue weighted by molar-refractivity contribution is 4.68. The van der Waals surface area contributed by atoms with E-state index in [4.69, 9.17) is 9.47 Å². The molecule has 0 aromatic rings. The fourth-order valence-electron chi connectivity index (χ4n) is 2.45. The van der Waals surface area contributed by atoms with Crippen LogP contribution in [0.25, 0.3) is 0 Å². The minimum absolute atomic E-state index is 0. The molecule has 130 valence electrons. The van der Waals surface area contributed by atoms with Gasteiger partial charge in [-0.25, -0.2) is 0 Å². The Hall–Kier alpha value is 0.420. The van der Waals surface area contributed by atoms with Gasteiger partial charge < -0.3 is 43.3 Å². The monoisotopic (exact) mass is 344 g/mol. The second-order valence-electron chi connectivity index (χ2n) is 6.86. The van der Waals surface area contributed by atoms with E-state index in [1.165, 1.54) is 30.7 Å². The molecule has 2 aliphatic heterocycles. The van der Waals surface area contributed by atoms with Crippen molar-refractivity contribution >= 4 is 0 Å². The topological polar surface area (TPSA) is 25.1 Å². The molecule has 2 heterocycles. The Morgan fingerprint density at radius 3 is 1.29 bits per heavy atom. The van der Waals surface area contributed by atoms with Crippen LogP contribution in [0.5, 0.6) is 0 Å². The van der Waals surface area contributed by atoms with E-state index >= 15 is 0 Å². The molecule has 2 rings (SSSR count). The van der Waals surface area contributed by atoms with E-state index in [9.17, 15) is 0 Å². The van der Waals surface area contributed by atoms with Crippen molar-refractivity contribution in [3.8, 4) is 0 Å². The molecule has 0 aromatic heterocycles. The van der Waals surface area contributed by atoms with Gasteiger partial charge >= 0.3 is 0 Å². The molecule has 2 atom stereocenters. The highest BCUT2D eigenvalue weighted by Gasteiger charge is 2.33. The number of quaternary nitrogens is 2. The highest BCUT2D eigenvalue weighted by Crippen LogP contribution is 2.16. The van der Waals surface area contributed by atoms with E-state index in [1.807, 2.05) is 0 Å². The number of hydrogen-bond donors (Lipinski definition) is 0. The zero-order chi connectivity index (χ0) is 14.5. The summed E-state index contributed by atoms with van der Waals surface area (Å²) in [5.41, 5.74) is 0. The molecule has 0 spiro atoms. The third-order valence-electron chi connectivity index (χ3n) is 4.16. The standard InChI is InChI=1S/C9H20NO.C6H14NO.2ClH/c1-4-10(5-2,6-3)7-9-8-11-9;1-7(2,3)4-6-5-8-6;;/h9H,4-8H2,1-3H3;6H,4-5H2,1-3H3;2*1H/q2*+1;;/p-2. The van der Waals surface area contributed by atoms with Crippen LogP contribution < -0.4 is 24.8 Å². The van der Waals surface area contributed by atoms with Crippen LogP contribution in [-0.4, -0.2) is 88.3 Å². The van der Waals surface area contributed by atoms with Gasteiger partial charge in [0, 0.05) is 0 Å². The molecule has 0 amide bonds. The Bertz CT molecular complexity index is 253. The molecule has 0 radical (unpaired) electrons. The Labute approximate surface area is 143 Å². The van der Waals surface area contributed by atoms with Crippen LogP contribution in [0.3, 0.4) is 0 Å². The minimum Gasteiger partial charge on any atom is -1.00 e. The lowest BCUT2D eigenvalue weighted by Gasteiger charge is -2.35. The Morgan fingerprint density at radius 2 is 1.10 bits per heavy atom. The fraction of sp³-hybridized carbons (Fsp3) is 1.00. The summed E-state index contributed by atoms with van der Waals surface area (Å²) in [5, 5.41) is 0. The maximum Gasteiger partial charge on any atom is 0.130 e. The first-order valence-electron chi connectivity index (χ1n) is 7.73. The SMILES string of the molecule is CC[N+](CC)(CC)CC1CO1.C[N+](C)(C)CC1CO1.[Cl-].[Cl-]. The van der Waals surface area contributed by atoms with E-state index in [2.05, 4.69) is 41.9 Å². The average molecular weight is 345 g/mol. The van der Waals surface area contributed by atoms with Crippen molar-refractivity contribution in [2.24, 2.45) is 0 Å². The van der Waals surface area contributed by atoms with Gasteiger partial charge in [0.1, 0.15) is 25.3 Å². The summed E-state index contributed by atoms with van der Waals surface area (Å²) in [6.45, 7) is 14.9. The van der Waals surface area contributed by atoms with Gasteiger partial charge in [0.15, 0.2) is 0 Å². The number of hydrogen-bond acceptors (Lipinski definition) is 2. The van der Waals surface area contributed by atoms with E-state index in [-0.39, 0.29) is 24.8 Å². The third kappa shape index (κ3) is 10.7. The lowest BCUT2D eigenvalue weighted by molar-refractivity contribution is -0.923. The van der Waals surface area contributed by atoms with Crippen molar-refractivity contribution in [2.45, 2.75) is 33.0 Å². The predicted octanol–water partition coefficient (Wildman–Crippen LogP) is -4.64. The van der Waals surface area contributed by atoms with Crippen molar-refractivity contribution < 1.29 is 43.3 Å². The number of nitrogens with zero attached hydrogens (tertiary/aromatic N) is 2. The van der Waals surface area contributed by atoms with Crippen molar-refractivity contribution in [3.05, 3.63) is 0 Å². The number of rotatable bonds is 7. The minimum atomic E-state index is 0. The molecule has 0 N–H and O–H groups in total. The van der Waals surface area contributed by atoms with Crippen molar-refractivity contribution in [2.75, 3.05) is 67.1 Å². The molecule has 0 aromatic carbocycles. The van der Waals surface area contributed by atoms with Crippen LogP contribution in [-0.2, 0) is 9.47 Å². The molecule has 4 nitrogen and oxygen atoms in total. The summed E-state index contributed by atoms with van der Waals surface area (Å²) in [6, 6.07) is 0. The quantitative estimate of drug-likeness (QED) is 0.343. The summed E-state index contributed by atoms with van der Waals surface area (Å²) >= 11 is 0. The highest BCUT2D eigenvalue weighted by atomic mass is 35.5. The molecule has 0 saturated carbocycles. The van der Waals surface area contributed by atoms with E-state index in [1.54, 1.807) is 0 Å². The van der Waals surface area contributed by atoms with Crippen LogP contribution in [0.1, 0.15) is 20.8 Å². The van der Waals surface area contributed by atoms with Crippen LogP contribution >= 0.6 is 0 Å². The van der Waals surface area contributed by atoms with E-state index in [0.29, 0.717) is 12.2 Å². The van der Waals surface area contributed by atoms with Gasteiger partial charge in [-0.3, -0.25) is 0 Å². The van der Waals surface area contributed by atoms with Gasteiger partial charge in [-0.1, -0.05) is 0 Å². The van der Waals surface area contributed by atoms with Gasteiger partial charge in [-0.15, -0.1) is 0 Å². The number of likely N-dealkylation sites (N-methyl/N-ethyl adjacent to an activating group) is 2. The molecule has 2 aliphatic rings. The number of ether oxygens (including phenoxy) is 2. The van der Waals surface area contributed by atoms with Crippen LogP contribution in [0.15, 0.2) is 0 Å². The molecule has 2 saturated heterocycles. The summed E-state index contributed by atoms with van der Waals surface area (Å²) in [6.07, 6.45) is 1.14. The van der Waals surface area contributed by atoms with Crippen molar-refractivity contribution in [1.82, 2.24) is 0 Å². The zero-order valence-electron chi connectivity index (χ0n) is 14.6. The Morgan fingerprint density at radius 1 is 0.762 bits per heavy atom. The third-order valence-corrected chi connectivity index (χ3v) is 4.16. The van der Waals surface area contributed by atoms with Crippen molar-refractivity contribution in [3.63, 3.8) is 0 Å². The maximum absolute atomic E-state index is 5.25. The number of halogens is 2. The van der Waals surface area contributed by atoms with Crippen LogP contribution in [0.2, 0.25) is 0 Å². The van der Waals surface area contributed by atoms with E-state index < -0.39 is 0 Å². The smallest absolute Gasteiger partial charge is 0.130 e. The second-order valence-corrected chi connectivity index (χ2v) is 6.86. The Kier molecular flexibility index (Phi) is 11.6. The molecular weight excluding hydrogens is 311 g/mol. The lowest BCUT2D eigenvalue weighted by Crippen LogP contribution is -3.00. The first-order valence-corrected chi connectivity index (χ1v) is 7.73. The maximum atomic E-state index is 5.25. The normalized spacial score (nSPS) is 23.1. The van der Waals surface area contributed by atoms with Crippen LogP contribution in [0.4, 0.5) is 0 Å². The summed E-state index contributed by atoms with van der Waals surface area (Å²) in [7, 11) is 6.55. The van der Waals surface area contributed by atoms with Crippen LogP contribution in [0, 0.1) is 0 Å². The summed E-state index contributed by atoms with van der Waals surface area (Å²) < 4.78 is 12.6.